The number of nitrogens with one attached hydrogen (secondary N) is 2. The molecular formula is C8H10N4O2S. The van der Waals surface area contributed by atoms with E-state index in [0.717, 1.165) is 5.56 Å². The fourth-order valence-corrected chi connectivity index (χ4v) is 1.04. The molecule has 1 aromatic rings. The number of nitro benzene ring substituents is 1. The summed E-state index contributed by atoms with van der Waals surface area (Å²) in [5.74, 6) is 5.06. The number of benzene rings is 1. The third kappa shape index (κ3) is 3.49. The Kier molecular flexibility index (Phi) is 3.95. The second kappa shape index (κ2) is 5.23. The second-order valence-electron chi connectivity index (χ2n) is 2.75. The SMILES string of the molecule is NNC(=S)NCc1ccc([N+](=O)[O-])cc1. The van der Waals surface area contributed by atoms with Crippen LogP contribution in [0, 0.1) is 10.1 Å². The lowest BCUT2D eigenvalue weighted by Crippen LogP contribution is -2.39. The molecule has 0 saturated carbocycles. The van der Waals surface area contributed by atoms with Gasteiger partial charge in [-0.2, -0.15) is 0 Å². The van der Waals surface area contributed by atoms with E-state index in [1.807, 2.05) is 0 Å². The van der Waals surface area contributed by atoms with Gasteiger partial charge >= 0.3 is 0 Å². The highest BCUT2D eigenvalue weighted by Gasteiger charge is 2.03. The van der Waals surface area contributed by atoms with Crippen LogP contribution in [-0.4, -0.2) is 10.0 Å². The third-order valence-corrected chi connectivity index (χ3v) is 1.99. The molecule has 0 atom stereocenters. The molecule has 1 rings (SSSR count). The monoisotopic (exact) mass is 226 g/mol. The Morgan fingerprint density at radius 3 is 2.53 bits per heavy atom. The van der Waals surface area contributed by atoms with E-state index in [1.165, 1.54) is 12.1 Å². The zero-order valence-electron chi connectivity index (χ0n) is 7.77. The topological polar surface area (TPSA) is 93.2 Å². The Bertz CT molecular complexity index is 365. The quantitative estimate of drug-likeness (QED) is 0.299. The standard InChI is InChI=1S/C8H10N4O2S/c9-11-8(15)10-5-6-1-3-7(4-2-6)12(13)14/h1-4H,5,9H2,(H2,10,11,15). The molecule has 0 aliphatic heterocycles. The number of hydrazine groups is 1. The Morgan fingerprint density at radius 1 is 1.47 bits per heavy atom. The smallest absolute Gasteiger partial charge is 0.269 e. The van der Waals surface area contributed by atoms with E-state index in [9.17, 15) is 10.1 Å². The number of non-ortho nitro benzene ring substituents is 1. The van der Waals surface area contributed by atoms with E-state index < -0.39 is 4.92 Å². The van der Waals surface area contributed by atoms with Crippen molar-refractivity contribution < 1.29 is 4.92 Å². The van der Waals surface area contributed by atoms with Gasteiger partial charge in [0, 0.05) is 18.7 Å². The van der Waals surface area contributed by atoms with Crippen LogP contribution in [0.5, 0.6) is 0 Å². The van der Waals surface area contributed by atoms with Crippen molar-refractivity contribution in [3.8, 4) is 0 Å². The Morgan fingerprint density at radius 2 is 2.07 bits per heavy atom. The first-order valence-corrected chi connectivity index (χ1v) is 4.52. The summed E-state index contributed by atoms with van der Waals surface area (Å²) in [7, 11) is 0. The van der Waals surface area contributed by atoms with Crippen LogP contribution in [0.4, 0.5) is 5.69 Å². The molecular weight excluding hydrogens is 216 g/mol. The van der Waals surface area contributed by atoms with Crippen molar-refractivity contribution in [2.24, 2.45) is 5.84 Å². The highest BCUT2D eigenvalue weighted by Crippen LogP contribution is 2.11. The highest BCUT2D eigenvalue weighted by atomic mass is 32.1. The first-order valence-electron chi connectivity index (χ1n) is 4.11. The second-order valence-corrected chi connectivity index (χ2v) is 3.16. The number of thiocarbonyl (C=S) groups is 1. The van der Waals surface area contributed by atoms with Crippen LogP contribution < -0.4 is 16.6 Å². The van der Waals surface area contributed by atoms with E-state index in [4.69, 9.17) is 18.1 Å². The minimum atomic E-state index is -0.441. The van der Waals surface area contributed by atoms with Crippen LogP contribution >= 0.6 is 12.2 Å². The fourth-order valence-electron chi connectivity index (χ4n) is 0.969. The number of nitrogens with two attached hydrogens (primary N) is 1. The minimum absolute atomic E-state index is 0.0678. The predicted molar refractivity (Wildman–Crippen MR) is 59.9 cm³/mol. The lowest BCUT2D eigenvalue weighted by molar-refractivity contribution is -0.384. The van der Waals surface area contributed by atoms with E-state index >= 15 is 0 Å². The molecule has 0 heterocycles. The van der Waals surface area contributed by atoms with Crippen LogP contribution in [0.3, 0.4) is 0 Å². The predicted octanol–water partition coefficient (Wildman–Crippen LogP) is 0.433. The normalized spacial score (nSPS) is 9.40. The van der Waals surface area contributed by atoms with E-state index in [0.29, 0.717) is 11.7 Å². The first kappa shape index (κ1) is 11.3. The van der Waals surface area contributed by atoms with Gasteiger partial charge in [0.05, 0.1) is 4.92 Å². The van der Waals surface area contributed by atoms with Crippen molar-refractivity contribution in [3.63, 3.8) is 0 Å². The van der Waals surface area contributed by atoms with Crippen LogP contribution in [0.15, 0.2) is 24.3 Å². The number of hydrogen-bond donors (Lipinski definition) is 3. The molecule has 1 aromatic carbocycles. The summed E-state index contributed by atoms with van der Waals surface area (Å²) in [6.07, 6.45) is 0. The molecule has 0 aromatic heterocycles. The van der Waals surface area contributed by atoms with Crippen molar-refractivity contribution in [1.82, 2.24) is 10.7 Å². The van der Waals surface area contributed by atoms with Crippen LogP contribution in [0.2, 0.25) is 0 Å². The molecule has 6 nitrogen and oxygen atoms in total. The van der Waals surface area contributed by atoms with E-state index in [1.54, 1.807) is 12.1 Å². The lowest BCUT2D eigenvalue weighted by Gasteiger charge is -2.06. The maximum atomic E-state index is 10.4. The van der Waals surface area contributed by atoms with E-state index in [2.05, 4.69) is 10.7 Å². The molecule has 80 valence electrons. The fraction of sp³-hybridized carbons (Fsp3) is 0.125. The molecule has 15 heavy (non-hydrogen) atoms. The van der Waals surface area contributed by atoms with Crippen LogP contribution in [0.1, 0.15) is 5.56 Å². The molecule has 0 unspecified atom stereocenters. The molecule has 0 fully saturated rings. The number of nitrogens with zero attached hydrogens (tertiary/aromatic N) is 1. The zero-order chi connectivity index (χ0) is 11.3. The Hall–Kier alpha value is -1.73. The molecule has 0 aliphatic rings. The van der Waals surface area contributed by atoms with Gasteiger partial charge in [0.25, 0.3) is 5.69 Å². The summed E-state index contributed by atoms with van der Waals surface area (Å²) in [6, 6.07) is 6.19. The maximum absolute atomic E-state index is 10.4. The van der Waals surface area contributed by atoms with Gasteiger partial charge in [-0.15, -0.1) is 0 Å². The number of hydrogen-bond acceptors (Lipinski definition) is 4. The summed E-state index contributed by atoms with van der Waals surface area (Å²) in [5.41, 5.74) is 3.23. The van der Waals surface area contributed by atoms with E-state index in [-0.39, 0.29) is 5.69 Å². The zero-order valence-corrected chi connectivity index (χ0v) is 8.58. The summed E-state index contributed by atoms with van der Waals surface area (Å²) in [5, 5.41) is 13.5. The van der Waals surface area contributed by atoms with Crippen molar-refractivity contribution >= 4 is 23.0 Å². The molecule has 7 heteroatoms. The van der Waals surface area contributed by atoms with Gasteiger partial charge in [-0.25, -0.2) is 5.84 Å². The molecule has 0 bridgehead atoms. The maximum Gasteiger partial charge on any atom is 0.269 e. The average molecular weight is 226 g/mol. The van der Waals surface area contributed by atoms with Crippen molar-refractivity contribution in [2.45, 2.75) is 6.54 Å². The molecule has 0 radical (unpaired) electrons. The van der Waals surface area contributed by atoms with Crippen molar-refractivity contribution in [2.75, 3.05) is 0 Å². The molecule has 0 aliphatic carbocycles. The summed E-state index contributed by atoms with van der Waals surface area (Å²) in [4.78, 5) is 9.93. The third-order valence-electron chi connectivity index (χ3n) is 1.73. The minimum Gasteiger partial charge on any atom is -0.358 e. The van der Waals surface area contributed by atoms with Crippen LogP contribution in [0.25, 0.3) is 0 Å². The lowest BCUT2D eigenvalue weighted by atomic mass is 10.2. The molecule has 0 amide bonds. The molecule has 0 saturated heterocycles. The van der Waals surface area contributed by atoms with Gasteiger partial charge in [0.1, 0.15) is 0 Å². The van der Waals surface area contributed by atoms with Gasteiger partial charge in [0.15, 0.2) is 5.11 Å². The largest absolute Gasteiger partial charge is 0.358 e. The van der Waals surface area contributed by atoms with Crippen LogP contribution in [-0.2, 0) is 6.54 Å². The van der Waals surface area contributed by atoms with Gasteiger partial charge in [0.2, 0.25) is 0 Å². The summed E-state index contributed by atoms with van der Waals surface area (Å²) in [6.45, 7) is 0.473. The summed E-state index contributed by atoms with van der Waals surface area (Å²) < 4.78 is 0. The molecule has 4 N–H and O–H groups in total. The van der Waals surface area contributed by atoms with Gasteiger partial charge in [-0.3, -0.25) is 10.1 Å². The number of rotatable bonds is 3. The van der Waals surface area contributed by atoms with Gasteiger partial charge < -0.3 is 10.7 Å². The van der Waals surface area contributed by atoms with Crippen molar-refractivity contribution in [1.29, 1.82) is 0 Å². The van der Waals surface area contributed by atoms with Crippen molar-refractivity contribution in [3.05, 3.63) is 39.9 Å². The summed E-state index contributed by atoms with van der Waals surface area (Å²) >= 11 is 4.77. The van der Waals surface area contributed by atoms with Gasteiger partial charge in [-0.1, -0.05) is 12.1 Å². The number of nitro groups is 1. The van der Waals surface area contributed by atoms with Gasteiger partial charge in [-0.05, 0) is 17.8 Å². The molecule has 0 spiro atoms. The Labute approximate surface area is 91.6 Å². The highest BCUT2D eigenvalue weighted by molar-refractivity contribution is 7.80. The average Bonchev–Trinajstić information content (AvgIpc) is 2.26. The Balaban J connectivity index is 2.57. The first-order chi connectivity index (χ1) is 7.13.